The number of nitro benzene ring substituents is 1. The van der Waals surface area contributed by atoms with Gasteiger partial charge in [-0.1, -0.05) is 18.2 Å². The summed E-state index contributed by atoms with van der Waals surface area (Å²) in [5.74, 6) is 1.12. The Morgan fingerprint density at radius 3 is 2.69 bits per heavy atom. The van der Waals surface area contributed by atoms with E-state index in [2.05, 4.69) is 43.1 Å². The van der Waals surface area contributed by atoms with E-state index in [0.29, 0.717) is 23.9 Å². The van der Waals surface area contributed by atoms with E-state index in [1.54, 1.807) is 23.3 Å². The number of nitro groups is 1. The van der Waals surface area contributed by atoms with Crippen LogP contribution in [0.5, 0.6) is 0 Å². The molecule has 0 spiro atoms. The minimum Gasteiger partial charge on any atom is -0.368 e. The molecule has 1 N–H and O–H groups in total. The van der Waals surface area contributed by atoms with Crippen molar-refractivity contribution in [1.29, 1.82) is 0 Å². The molecule has 0 radical (unpaired) electrons. The van der Waals surface area contributed by atoms with Crippen molar-refractivity contribution >= 4 is 33.9 Å². The lowest BCUT2D eigenvalue weighted by Crippen LogP contribution is -2.29. The summed E-state index contributed by atoms with van der Waals surface area (Å²) in [7, 11) is 7.73. The van der Waals surface area contributed by atoms with Crippen LogP contribution in [-0.4, -0.2) is 73.4 Å². The van der Waals surface area contributed by atoms with Crippen LogP contribution in [0.15, 0.2) is 48.9 Å². The third-order valence-corrected chi connectivity index (χ3v) is 7.89. The fourth-order valence-corrected chi connectivity index (χ4v) is 5.76. The van der Waals surface area contributed by atoms with Gasteiger partial charge in [-0.05, 0) is 57.1 Å². The molecule has 0 saturated carbocycles. The number of hydrogen-bond acceptors (Lipinski definition) is 9. The molecule has 42 heavy (non-hydrogen) atoms. The zero-order chi connectivity index (χ0) is 29.5. The molecular weight excluding hydrogens is 532 g/mol. The van der Waals surface area contributed by atoms with E-state index in [4.69, 9.17) is 4.98 Å². The lowest BCUT2D eigenvalue weighted by molar-refractivity contribution is -0.384. The van der Waals surface area contributed by atoms with E-state index >= 15 is 0 Å². The first-order valence-corrected chi connectivity index (χ1v) is 14.0. The van der Waals surface area contributed by atoms with Crippen LogP contribution >= 0.6 is 0 Å². The molecule has 1 aliphatic rings. The normalized spacial score (nSPS) is 12.7. The molecule has 12 nitrogen and oxygen atoms in total. The molecule has 12 heteroatoms. The smallest absolute Gasteiger partial charge is 0.294 e. The molecule has 4 heterocycles. The fourth-order valence-electron chi connectivity index (χ4n) is 5.76. The average molecular weight is 567 g/mol. The Morgan fingerprint density at radius 1 is 1.12 bits per heavy atom. The van der Waals surface area contributed by atoms with Gasteiger partial charge in [0.15, 0.2) is 5.82 Å². The van der Waals surface area contributed by atoms with Gasteiger partial charge in [-0.15, -0.1) is 0 Å². The molecule has 0 aliphatic carbocycles. The van der Waals surface area contributed by atoms with Gasteiger partial charge < -0.3 is 19.7 Å². The molecule has 0 amide bonds. The van der Waals surface area contributed by atoms with Crippen molar-refractivity contribution in [3.63, 3.8) is 0 Å². The zero-order valence-corrected chi connectivity index (χ0v) is 24.5. The topological polar surface area (TPSA) is 123 Å². The van der Waals surface area contributed by atoms with Crippen molar-refractivity contribution in [2.75, 3.05) is 44.4 Å². The van der Waals surface area contributed by atoms with Gasteiger partial charge in [-0.2, -0.15) is 5.10 Å². The second kappa shape index (κ2) is 10.9. The fraction of sp³-hybridized carbons (Fsp3) is 0.333. The highest BCUT2D eigenvalue weighted by atomic mass is 16.6. The number of aryl methyl sites for hydroxylation is 4. The third-order valence-electron chi connectivity index (χ3n) is 7.89. The molecule has 5 aromatic rings. The van der Waals surface area contributed by atoms with E-state index in [9.17, 15) is 10.1 Å². The first kappa shape index (κ1) is 27.3. The molecule has 0 fully saturated rings. The summed E-state index contributed by atoms with van der Waals surface area (Å²) in [5, 5.41) is 20.8. The quantitative estimate of drug-likeness (QED) is 0.198. The van der Waals surface area contributed by atoms with Crippen LogP contribution in [0.4, 0.5) is 23.0 Å². The Bertz CT molecular complexity index is 1810. The van der Waals surface area contributed by atoms with Crippen molar-refractivity contribution in [1.82, 2.24) is 34.2 Å². The van der Waals surface area contributed by atoms with Gasteiger partial charge in [0.25, 0.3) is 5.69 Å². The molecule has 0 unspecified atom stereocenters. The van der Waals surface area contributed by atoms with Crippen LogP contribution < -0.4 is 10.2 Å². The number of nitrogens with zero attached hydrogens (tertiary/aromatic N) is 9. The summed E-state index contributed by atoms with van der Waals surface area (Å²) in [6.07, 6.45) is 5.34. The largest absolute Gasteiger partial charge is 0.368 e. The van der Waals surface area contributed by atoms with Gasteiger partial charge in [-0.25, -0.2) is 19.6 Å². The predicted octanol–water partition coefficient (Wildman–Crippen LogP) is 4.80. The highest BCUT2D eigenvalue weighted by Crippen LogP contribution is 2.43. The Hall–Kier alpha value is -4.84. The average Bonchev–Trinajstić information content (AvgIpc) is 3.54. The second-order valence-electron chi connectivity index (χ2n) is 11.0. The van der Waals surface area contributed by atoms with E-state index in [0.717, 1.165) is 59.7 Å². The number of benzene rings is 2. The maximum atomic E-state index is 12.1. The molecule has 0 saturated heterocycles. The standard InChI is InChI=1S/C30H34N10O2/c1-19-16-24(37(4)15-14-36(2)3)25(40(41)42)17-23(19)35-30-31-12-11-22(34-30)26-21-10-6-8-20-9-7-13-39(27(20)21)28(26)29-32-18-33-38(29)5/h6,8,10-12,16-18H,7,9,13-15H2,1-5H3,(H,31,34,35). The van der Waals surface area contributed by atoms with E-state index in [1.807, 2.05) is 57.0 Å². The van der Waals surface area contributed by atoms with E-state index in [1.165, 1.54) is 11.1 Å². The lowest BCUT2D eigenvalue weighted by atomic mass is 10.0. The predicted molar refractivity (Wildman–Crippen MR) is 164 cm³/mol. The Balaban J connectivity index is 1.43. The molecule has 3 aromatic heterocycles. The molecular formula is C30H34N10O2. The molecule has 0 atom stereocenters. The van der Waals surface area contributed by atoms with Crippen molar-refractivity contribution in [2.45, 2.75) is 26.3 Å². The van der Waals surface area contributed by atoms with Crippen LogP contribution in [0.2, 0.25) is 0 Å². The number of likely N-dealkylation sites (N-methyl/N-ethyl adjacent to an activating group) is 2. The zero-order valence-electron chi connectivity index (χ0n) is 24.5. The van der Waals surface area contributed by atoms with Gasteiger partial charge in [0.1, 0.15) is 12.0 Å². The number of para-hydroxylation sites is 1. The Labute approximate surface area is 243 Å². The summed E-state index contributed by atoms with van der Waals surface area (Å²) in [4.78, 5) is 29.7. The molecule has 0 bridgehead atoms. The van der Waals surface area contributed by atoms with Crippen LogP contribution in [0.3, 0.4) is 0 Å². The van der Waals surface area contributed by atoms with Crippen LogP contribution in [0.1, 0.15) is 17.5 Å². The Kier molecular flexibility index (Phi) is 7.07. The van der Waals surface area contributed by atoms with Crippen molar-refractivity contribution in [2.24, 2.45) is 7.05 Å². The maximum absolute atomic E-state index is 12.1. The molecule has 6 rings (SSSR count). The van der Waals surface area contributed by atoms with Crippen molar-refractivity contribution in [3.8, 4) is 22.8 Å². The number of rotatable bonds is 9. The van der Waals surface area contributed by atoms with Crippen LogP contribution in [0.25, 0.3) is 33.7 Å². The van der Waals surface area contributed by atoms with Crippen LogP contribution in [0, 0.1) is 17.0 Å². The summed E-state index contributed by atoms with van der Waals surface area (Å²) in [6.45, 7) is 4.25. The first-order valence-electron chi connectivity index (χ1n) is 14.0. The molecule has 216 valence electrons. The first-order chi connectivity index (χ1) is 20.2. The maximum Gasteiger partial charge on any atom is 0.294 e. The van der Waals surface area contributed by atoms with Crippen LogP contribution in [-0.2, 0) is 20.0 Å². The summed E-state index contributed by atoms with van der Waals surface area (Å²) in [5.41, 5.74) is 7.22. The number of nitrogens with one attached hydrogen (secondary N) is 1. The minimum absolute atomic E-state index is 0.0269. The highest BCUT2D eigenvalue weighted by Gasteiger charge is 2.27. The lowest BCUT2D eigenvalue weighted by Gasteiger charge is -2.22. The number of aromatic nitrogens is 6. The van der Waals surface area contributed by atoms with Gasteiger partial charge in [-0.3, -0.25) is 10.1 Å². The molecule has 2 aromatic carbocycles. The minimum atomic E-state index is -0.343. The third kappa shape index (κ3) is 4.83. The summed E-state index contributed by atoms with van der Waals surface area (Å²) < 4.78 is 4.12. The SMILES string of the molecule is Cc1cc(N(C)CCN(C)C)c([N+](=O)[O-])cc1Nc1nccc(-c2c(-c3ncnn3C)n3c4c(cccc24)CCC3)n1. The van der Waals surface area contributed by atoms with E-state index < -0.39 is 0 Å². The van der Waals surface area contributed by atoms with Gasteiger partial charge >= 0.3 is 0 Å². The number of anilines is 3. The molecule has 1 aliphatic heterocycles. The Morgan fingerprint density at radius 2 is 1.95 bits per heavy atom. The van der Waals surface area contributed by atoms with Crippen molar-refractivity contribution in [3.05, 3.63) is 70.2 Å². The van der Waals surface area contributed by atoms with Gasteiger partial charge in [0.2, 0.25) is 5.95 Å². The highest BCUT2D eigenvalue weighted by molar-refractivity contribution is 6.04. The van der Waals surface area contributed by atoms with Gasteiger partial charge in [0, 0.05) is 56.9 Å². The monoisotopic (exact) mass is 566 g/mol. The van der Waals surface area contributed by atoms with Gasteiger partial charge in [0.05, 0.1) is 27.5 Å². The second-order valence-corrected chi connectivity index (χ2v) is 11.0. The number of hydrogen-bond donors (Lipinski definition) is 1. The summed E-state index contributed by atoms with van der Waals surface area (Å²) >= 11 is 0. The summed E-state index contributed by atoms with van der Waals surface area (Å²) in [6, 6.07) is 11.7. The van der Waals surface area contributed by atoms with Crippen molar-refractivity contribution < 1.29 is 4.92 Å². The van der Waals surface area contributed by atoms with E-state index in [-0.39, 0.29) is 10.6 Å².